The summed E-state index contributed by atoms with van der Waals surface area (Å²) in [5.41, 5.74) is 9.57. The van der Waals surface area contributed by atoms with Gasteiger partial charge < -0.3 is 26.0 Å². The van der Waals surface area contributed by atoms with Gasteiger partial charge >= 0.3 is 0 Å². The van der Waals surface area contributed by atoms with Crippen LogP contribution in [0.5, 0.6) is 0 Å². The number of para-hydroxylation sites is 1. The molecule has 14 nitrogen and oxygen atoms in total. The predicted molar refractivity (Wildman–Crippen MR) is 197 cm³/mol. The standard InChI is InChI=1S/C39H39N7O7/c1-53-21-20-42-39(50)29-12-13-30(34(22-29)46(51)52)24-44(23-25-6-7-25)35(47)18-19-41-38(49)28-14-16-31(17-15-28)45-33-5-3-2-4-32(33)36(43-45)26-8-10-27(11-9-26)37(40)48/h2-5,8-17,22,25H,6-7,18-21,23-24H2,1H3,(H2,40,48)(H,41,49)(H,42,50). The molecule has 53 heavy (non-hydrogen) atoms. The molecule has 4 aromatic carbocycles. The summed E-state index contributed by atoms with van der Waals surface area (Å²) in [6.45, 7) is 1.10. The summed E-state index contributed by atoms with van der Waals surface area (Å²) in [6.07, 6.45) is 1.95. The molecule has 0 spiro atoms. The number of primary amides is 1. The molecule has 1 fully saturated rings. The van der Waals surface area contributed by atoms with Crippen LogP contribution in [-0.2, 0) is 16.1 Å². The quantitative estimate of drug-likeness (QED) is 0.0747. The summed E-state index contributed by atoms with van der Waals surface area (Å²) in [5.74, 6) is -1.24. The van der Waals surface area contributed by atoms with Crippen molar-refractivity contribution in [2.45, 2.75) is 25.8 Å². The maximum Gasteiger partial charge on any atom is 0.275 e. The highest BCUT2D eigenvalue weighted by atomic mass is 16.6. The molecule has 1 aromatic heterocycles. The predicted octanol–water partition coefficient (Wildman–Crippen LogP) is 4.63. The van der Waals surface area contributed by atoms with Crippen molar-refractivity contribution in [2.24, 2.45) is 11.7 Å². The Morgan fingerprint density at radius 1 is 0.906 bits per heavy atom. The number of methoxy groups -OCH3 is 1. The van der Waals surface area contributed by atoms with Gasteiger partial charge in [0.05, 0.1) is 29.3 Å². The van der Waals surface area contributed by atoms with Crippen molar-refractivity contribution in [3.8, 4) is 16.9 Å². The molecule has 272 valence electrons. The first-order valence-electron chi connectivity index (χ1n) is 17.2. The summed E-state index contributed by atoms with van der Waals surface area (Å²) in [6, 6.07) is 25.9. The number of nitrogens with one attached hydrogen (secondary N) is 2. The molecule has 6 rings (SSSR count). The van der Waals surface area contributed by atoms with Crippen LogP contribution in [0.3, 0.4) is 0 Å². The number of carbonyl (C=O) groups excluding carboxylic acids is 4. The lowest BCUT2D eigenvalue weighted by molar-refractivity contribution is -0.385. The van der Waals surface area contributed by atoms with Crippen LogP contribution in [0.25, 0.3) is 27.8 Å². The van der Waals surface area contributed by atoms with Crippen LogP contribution in [-0.4, -0.2) is 76.6 Å². The Hall–Kier alpha value is -6.41. The zero-order valence-electron chi connectivity index (χ0n) is 29.1. The van der Waals surface area contributed by atoms with E-state index in [4.69, 9.17) is 15.6 Å². The summed E-state index contributed by atoms with van der Waals surface area (Å²) in [4.78, 5) is 63.5. The zero-order valence-corrected chi connectivity index (χ0v) is 29.1. The van der Waals surface area contributed by atoms with Gasteiger partial charge in [0.15, 0.2) is 0 Å². The fraction of sp³-hybridized carbons (Fsp3) is 0.256. The number of aromatic nitrogens is 2. The Balaban J connectivity index is 1.09. The minimum atomic E-state index is -0.550. The molecule has 0 unspecified atom stereocenters. The topological polar surface area (TPSA) is 192 Å². The summed E-state index contributed by atoms with van der Waals surface area (Å²) in [7, 11) is 1.51. The molecule has 14 heteroatoms. The smallest absolute Gasteiger partial charge is 0.275 e. The van der Waals surface area contributed by atoms with Gasteiger partial charge in [-0.25, -0.2) is 4.68 Å². The second-order valence-electron chi connectivity index (χ2n) is 12.8. The first-order chi connectivity index (χ1) is 25.6. The van der Waals surface area contributed by atoms with Crippen molar-refractivity contribution >= 4 is 40.2 Å². The molecule has 1 aliphatic rings. The number of nitro groups is 1. The van der Waals surface area contributed by atoms with E-state index in [2.05, 4.69) is 10.6 Å². The van der Waals surface area contributed by atoms with Crippen molar-refractivity contribution in [1.29, 1.82) is 0 Å². The van der Waals surface area contributed by atoms with Gasteiger partial charge in [-0.05, 0) is 73.4 Å². The third-order valence-corrected chi connectivity index (χ3v) is 9.05. The van der Waals surface area contributed by atoms with Crippen molar-refractivity contribution in [2.75, 3.05) is 33.4 Å². The van der Waals surface area contributed by atoms with Crippen LogP contribution in [0.15, 0.2) is 91.0 Å². The number of nitrogens with zero attached hydrogens (tertiary/aromatic N) is 4. The molecule has 5 aromatic rings. The van der Waals surface area contributed by atoms with Gasteiger partial charge in [0, 0.05) is 72.4 Å². The molecule has 0 bridgehead atoms. The van der Waals surface area contributed by atoms with E-state index in [1.807, 2.05) is 24.3 Å². The van der Waals surface area contributed by atoms with Crippen molar-refractivity contribution in [1.82, 2.24) is 25.3 Å². The highest BCUT2D eigenvalue weighted by Gasteiger charge is 2.29. The van der Waals surface area contributed by atoms with E-state index in [-0.39, 0.29) is 49.1 Å². The van der Waals surface area contributed by atoms with Gasteiger partial charge in [-0.15, -0.1) is 0 Å². The average Bonchev–Trinajstić information content (AvgIpc) is 3.91. The van der Waals surface area contributed by atoms with Crippen LogP contribution in [0.1, 0.15) is 55.9 Å². The Morgan fingerprint density at radius 3 is 2.25 bits per heavy atom. The van der Waals surface area contributed by atoms with Gasteiger partial charge in [0.2, 0.25) is 11.8 Å². The molecule has 1 aliphatic carbocycles. The Kier molecular flexibility index (Phi) is 11.2. The third kappa shape index (κ3) is 8.73. The molecule has 1 saturated carbocycles. The van der Waals surface area contributed by atoms with Crippen LogP contribution < -0.4 is 16.4 Å². The summed E-state index contributed by atoms with van der Waals surface area (Å²) < 4.78 is 6.72. The maximum absolute atomic E-state index is 13.4. The monoisotopic (exact) mass is 717 g/mol. The molecular weight excluding hydrogens is 678 g/mol. The zero-order chi connectivity index (χ0) is 37.5. The van der Waals surface area contributed by atoms with E-state index < -0.39 is 16.7 Å². The lowest BCUT2D eigenvalue weighted by Crippen LogP contribution is -2.35. The van der Waals surface area contributed by atoms with E-state index in [0.29, 0.717) is 35.8 Å². The second-order valence-corrected chi connectivity index (χ2v) is 12.8. The van der Waals surface area contributed by atoms with Crippen molar-refractivity contribution in [3.05, 3.63) is 123 Å². The number of hydrogen-bond acceptors (Lipinski definition) is 8. The van der Waals surface area contributed by atoms with Gasteiger partial charge in [0.25, 0.3) is 17.5 Å². The Morgan fingerprint density at radius 2 is 1.57 bits per heavy atom. The number of rotatable bonds is 16. The summed E-state index contributed by atoms with van der Waals surface area (Å²) in [5, 5.41) is 23.2. The normalized spacial score (nSPS) is 12.3. The first-order valence-corrected chi connectivity index (χ1v) is 17.2. The van der Waals surface area contributed by atoms with E-state index >= 15 is 0 Å². The van der Waals surface area contributed by atoms with E-state index in [1.54, 1.807) is 58.1 Å². The number of nitrogens with two attached hydrogens (primary N) is 1. The highest BCUT2D eigenvalue weighted by molar-refractivity contribution is 5.97. The second kappa shape index (κ2) is 16.3. The molecule has 0 aliphatic heterocycles. The van der Waals surface area contributed by atoms with Gasteiger partial charge in [0.1, 0.15) is 5.69 Å². The largest absolute Gasteiger partial charge is 0.383 e. The fourth-order valence-electron chi connectivity index (χ4n) is 6.02. The van der Waals surface area contributed by atoms with Crippen LogP contribution in [0, 0.1) is 16.0 Å². The molecule has 0 atom stereocenters. The highest BCUT2D eigenvalue weighted by Crippen LogP contribution is 2.32. The number of fused-ring (bicyclic) bond motifs is 1. The van der Waals surface area contributed by atoms with Gasteiger partial charge in [-0.1, -0.05) is 30.3 Å². The maximum atomic E-state index is 13.4. The van der Waals surface area contributed by atoms with Crippen LogP contribution in [0.4, 0.5) is 5.69 Å². The van der Waals surface area contributed by atoms with E-state index in [9.17, 15) is 29.3 Å². The Bertz CT molecular complexity index is 2160. The van der Waals surface area contributed by atoms with Crippen LogP contribution in [0.2, 0.25) is 0 Å². The SMILES string of the molecule is COCCNC(=O)c1ccc(CN(CC2CC2)C(=O)CCNC(=O)c2ccc(-n3nc(-c4ccc(C(N)=O)cc4)c4ccccc43)cc2)c([N+](=O)[O-])c1. The van der Waals surface area contributed by atoms with Crippen molar-refractivity contribution in [3.63, 3.8) is 0 Å². The molecule has 0 saturated heterocycles. The average molecular weight is 718 g/mol. The van der Waals surface area contributed by atoms with Crippen molar-refractivity contribution < 1.29 is 28.8 Å². The van der Waals surface area contributed by atoms with E-state index in [0.717, 1.165) is 40.7 Å². The van der Waals surface area contributed by atoms with Crippen LogP contribution >= 0.6 is 0 Å². The molecular formula is C39H39N7O7. The molecule has 1 heterocycles. The minimum absolute atomic E-state index is 0.00675. The number of carbonyl (C=O) groups is 4. The number of benzene rings is 4. The lowest BCUT2D eigenvalue weighted by atomic mass is 10.1. The number of amides is 4. The van der Waals surface area contributed by atoms with Gasteiger partial charge in [-0.2, -0.15) is 5.10 Å². The number of nitro benzene ring substituents is 1. The molecule has 4 N–H and O–H groups in total. The first kappa shape index (κ1) is 36.4. The Labute approximate surface area is 305 Å². The molecule has 4 amide bonds. The minimum Gasteiger partial charge on any atom is -0.383 e. The number of hydrogen-bond donors (Lipinski definition) is 3. The van der Waals surface area contributed by atoms with E-state index in [1.165, 1.54) is 25.3 Å². The summed E-state index contributed by atoms with van der Waals surface area (Å²) >= 11 is 0. The lowest BCUT2D eigenvalue weighted by Gasteiger charge is -2.23. The fourth-order valence-corrected chi connectivity index (χ4v) is 6.02. The third-order valence-electron chi connectivity index (χ3n) is 9.05. The number of ether oxygens (including phenoxy) is 1. The van der Waals surface area contributed by atoms with Gasteiger partial charge in [-0.3, -0.25) is 29.3 Å². The molecule has 0 radical (unpaired) electrons.